The van der Waals surface area contributed by atoms with E-state index in [1.165, 1.54) is 46.0 Å². The molecule has 0 radical (unpaired) electrons. The van der Waals surface area contributed by atoms with Gasteiger partial charge in [0.2, 0.25) is 0 Å². The van der Waals surface area contributed by atoms with Gasteiger partial charge in [-0.05, 0) is 55.5 Å². The molecule has 3 aromatic rings. The molecule has 1 aromatic carbocycles. The molecule has 204 valence electrons. The second-order valence-corrected chi connectivity index (χ2v) is 14.6. The van der Waals surface area contributed by atoms with E-state index in [4.69, 9.17) is 0 Å². The van der Waals surface area contributed by atoms with Crippen LogP contribution in [0.15, 0.2) is 46.5 Å². The number of pyridine rings is 1. The minimum Gasteiger partial charge on any atom is -0.380 e. The molecule has 0 saturated carbocycles. The molecule has 0 spiro atoms. The number of aromatic amines is 1. The number of hydrogen-bond donors (Lipinski definition) is 2. The van der Waals surface area contributed by atoms with Crippen molar-refractivity contribution < 1.29 is 39.5 Å². The van der Waals surface area contributed by atoms with Crippen molar-refractivity contribution in [1.82, 2.24) is 9.97 Å². The monoisotopic (exact) mass is 564 g/mol. The molecule has 0 bridgehead atoms. The van der Waals surface area contributed by atoms with E-state index in [2.05, 4.69) is 9.97 Å². The Morgan fingerprint density at radius 2 is 1.68 bits per heavy atom. The number of benzene rings is 1. The highest BCUT2D eigenvalue weighted by Crippen LogP contribution is 2.44. The summed E-state index contributed by atoms with van der Waals surface area (Å²) in [7, 11) is -7.72. The zero-order valence-corrected chi connectivity index (χ0v) is 22.4. The van der Waals surface area contributed by atoms with Gasteiger partial charge < -0.3 is 10.1 Å². The summed E-state index contributed by atoms with van der Waals surface area (Å²) in [6, 6.07) is 5.35. The van der Waals surface area contributed by atoms with Crippen molar-refractivity contribution in [2.24, 2.45) is 0 Å². The van der Waals surface area contributed by atoms with E-state index >= 15 is 0 Å². The number of hydrogen-bond acceptors (Lipinski definition) is 6. The van der Waals surface area contributed by atoms with Crippen LogP contribution in [0.4, 0.5) is 17.6 Å². The molecule has 3 rings (SSSR count). The van der Waals surface area contributed by atoms with Crippen LogP contribution in [0.1, 0.15) is 45.4 Å². The van der Waals surface area contributed by atoms with E-state index < -0.39 is 65.7 Å². The summed E-state index contributed by atoms with van der Waals surface area (Å²) in [5.74, 6) is -0.864. The molecule has 1 atom stereocenters. The molecular weight excluding hydrogens is 536 g/mol. The molecule has 2 aromatic heterocycles. The van der Waals surface area contributed by atoms with Crippen LogP contribution in [0.5, 0.6) is 0 Å². The largest absolute Gasteiger partial charge is 0.417 e. The third-order valence-electron chi connectivity index (χ3n) is 6.27. The van der Waals surface area contributed by atoms with Crippen molar-refractivity contribution in [2.75, 3.05) is 6.26 Å². The number of sulfone groups is 2. The second-order valence-electron chi connectivity index (χ2n) is 10.2. The van der Waals surface area contributed by atoms with E-state index in [0.29, 0.717) is 5.39 Å². The maximum atomic E-state index is 14.3. The van der Waals surface area contributed by atoms with Crippen LogP contribution in [0.25, 0.3) is 10.9 Å². The minimum absolute atomic E-state index is 0.0334. The van der Waals surface area contributed by atoms with Crippen LogP contribution in [0.3, 0.4) is 0 Å². The van der Waals surface area contributed by atoms with E-state index in [1.807, 2.05) is 0 Å². The molecule has 2 N–H and O–H groups in total. The average Bonchev–Trinajstić information content (AvgIpc) is 3.12. The quantitative estimate of drug-likeness (QED) is 0.390. The molecular formula is C24H28F4N2O5S2. The van der Waals surface area contributed by atoms with Crippen molar-refractivity contribution in [1.29, 1.82) is 0 Å². The fourth-order valence-corrected chi connectivity index (χ4v) is 6.37. The highest BCUT2D eigenvalue weighted by Gasteiger charge is 2.56. The van der Waals surface area contributed by atoms with Gasteiger partial charge >= 0.3 is 6.18 Å². The standard InChI is InChI=1S/C24H28F4N2O5S2/c1-14(2)37(34,35)21-9-15-8-17(30-19(15)12-29-21)11-23(31,24(26,27)28)13-22(3,4)18-7-6-16(25)10-20(18)36(5,32)33/h6-10,12,14,30-31H,11,13H2,1-5H3. The maximum Gasteiger partial charge on any atom is 0.417 e. The third kappa shape index (κ3) is 5.83. The van der Waals surface area contributed by atoms with Crippen LogP contribution < -0.4 is 0 Å². The molecule has 1 unspecified atom stereocenters. The molecule has 37 heavy (non-hydrogen) atoms. The molecule has 0 aliphatic carbocycles. The summed E-state index contributed by atoms with van der Waals surface area (Å²) in [6.07, 6.45) is -4.99. The second kappa shape index (κ2) is 9.35. The fraction of sp³-hybridized carbons (Fsp3) is 0.458. The summed E-state index contributed by atoms with van der Waals surface area (Å²) in [5.41, 5.74) is -4.69. The van der Waals surface area contributed by atoms with Crippen molar-refractivity contribution in [3.63, 3.8) is 0 Å². The van der Waals surface area contributed by atoms with Gasteiger partial charge in [0.15, 0.2) is 30.3 Å². The first-order valence-electron chi connectivity index (χ1n) is 11.2. The Morgan fingerprint density at radius 1 is 1.05 bits per heavy atom. The van der Waals surface area contributed by atoms with Crippen LogP contribution in [0, 0.1) is 5.82 Å². The number of nitrogens with one attached hydrogen (secondary N) is 1. The van der Waals surface area contributed by atoms with E-state index in [0.717, 1.165) is 24.5 Å². The molecule has 0 amide bonds. The molecule has 13 heteroatoms. The number of aliphatic hydroxyl groups is 1. The van der Waals surface area contributed by atoms with Crippen molar-refractivity contribution in [2.45, 2.75) is 72.9 Å². The van der Waals surface area contributed by atoms with Crippen LogP contribution >= 0.6 is 0 Å². The number of aromatic nitrogens is 2. The van der Waals surface area contributed by atoms with Crippen molar-refractivity contribution in [3.05, 3.63) is 53.6 Å². The number of rotatable bonds is 8. The molecule has 0 aliphatic rings. The Kier molecular flexibility index (Phi) is 7.34. The first-order valence-corrected chi connectivity index (χ1v) is 14.6. The van der Waals surface area contributed by atoms with Gasteiger partial charge in [0, 0.05) is 23.8 Å². The fourth-order valence-electron chi connectivity index (χ4n) is 4.33. The number of alkyl halides is 3. The zero-order valence-electron chi connectivity index (χ0n) is 20.8. The molecule has 0 aliphatic heterocycles. The van der Waals surface area contributed by atoms with E-state index in [9.17, 15) is 39.5 Å². The zero-order chi connectivity index (χ0) is 28.2. The maximum absolute atomic E-state index is 14.3. The van der Waals surface area contributed by atoms with Crippen LogP contribution in [-0.2, 0) is 31.5 Å². The summed E-state index contributed by atoms with van der Waals surface area (Å²) in [5, 5.41) is 10.3. The third-order valence-corrected chi connectivity index (χ3v) is 9.45. The predicted molar refractivity (Wildman–Crippen MR) is 130 cm³/mol. The van der Waals surface area contributed by atoms with Crippen LogP contribution in [0.2, 0.25) is 0 Å². The van der Waals surface area contributed by atoms with Gasteiger partial charge in [-0.15, -0.1) is 0 Å². The average molecular weight is 565 g/mol. The smallest absolute Gasteiger partial charge is 0.380 e. The molecule has 7 nitrogen and oxygen atoms in total. The predicted octanol–water partition coefficient (Wildman–Crippen LogP) is 4.49. The normalized spacial score (nSPS) is 15.3. The lowest BCUT2D eigenvalue weighted by Crippen LogP contribution is -2.51. The number of H-pyrrole nitrogens is 1. The van der Waals surface area contributed by atoms with Gasteiger partial charge in [0.05, 0.1) is 21.9 Å². The minimum atomic E-state index is -5.13. The van der Waals surface area contributed by atoms with Crippen molar-refractivity contribution in [3.8, 4) is 0 Å². The molecule has 0 saturated heterocycles. The van der Waals surface area contributed by atoms with Gasteiger partial charge in [0.25, 0.3) is 0 Å². The lowest BCUT2D eigenvalue weighted by molar-refractivity contribution is -0.266. The lowest BCUT2D eigenvalue weighted by atomic mass is 9.73. The van der Waals surface area contributed by atoms with Gasteiger partial charge in [-0.1, -0.05) is 19.9 Å². The molecule has 0 fully saturated rings. The van der Waals surface area contributed by atoms with Gasteiger partial charge in [0.1, 0.15) is 5.82 Å². The van der Waals surface area contributed by atoms with Gasteiger partial charge in [-0.25, -0.2) is 26.2 Å². The highest BCUT2D eigenvalue weighted by atomic mass is 32.2. The van der Waals surface area contributed by atoms with Gasteiger partial charge in [-0.3, -0.25) is 0 Å². The Bertz CT molecular complexity index is 1540. The lowest BCUT2D eigenvalue weighted by Gasteiger charge is -2.38. The topological polar surface area (TPSA) is 117 Å². The Labute approximate surface area is 212 Å². The Hall–Kier alpha value is -2.51. The first kappa shape index (κ1) is 29.1. The summed E-state index contributed by atoms with van der Waals surface area (Å²) in [6.45, 7) is 5.63. The molecule has 2 heterocycles. The summed E-state index contributed by atoms with van der Waals surface area (Å²) >= 11 is 0. The van der Waals surface area contributed by atoms with E-state index in [1.54, 1.807) is 0 Å². The number of halogens is 4. The highest BCUT2D eigenvalue weighted by molar-refractivity contribution is 7.92. The van der Waals surface area contributed by atoms with Crippen molar-refractivity contribution >= 4 is 30.6 Å². The van der Waals surface area contributed by atoms with Crippen LogP contribution in [-0.4, -0.2) is 55.2 Å². The van der Waals surface area contributed by atoms with Gasteiger partial charge in [-0.2, -0.15) is 13.2 Å². The Balaban J connectivity index is 2.05. The first-order chi connectivity index (χ1) is 16.7. The Morgan fingerprint density at radius 3 is 2.22 bits per heavy atom. The SMILES string of the molecule is CC(C)S(=O)(=O)c1cc2cc(CC(O)(CC(C)(C)c3ccc(F)cc3S(C)(=O)=O)C(F)(F)F)[nH]c2cn1. The number of nitrogens with zero attached hydrogens (tertiary/aromatic N) is 1. The summed E-state index contributed by atoms with van der Waals surface area (Å²) < 4.78 is 106. The summed E-state index contributed by atoms with van der Waals surface area (Å²) in [4.78, 5) is 6.18. The number of fused-ring (bicyclic) bond motifs is 1. The van der Waals surface area contributed by atoms with E-state index in [-0.39, 0.29) is 21.8 Å².